The number of halogens is 2. The molecule has 0 spiro atoms. The Kier molecular flexibility index (Phi) is 5.42. The lowest BCUT2D eigenvalue weighted by Gasteiger charge is -2.16. The van der Waals surface area contributed by atoms with Gasteiger partial charge in [0.1, 0.15) is 10.2 Å². The first-order chi connectivity index (χ1) is 12.0. The summed E-state index contributed by atoms with van der Waals surface area (Å²) in [5.74, 6) is -0.234. The van der Waals surface area contributed by atoms with Crippen molar-refractivity contribution in [1.82, 2.24) is 9.78 Å². The highest BCUT2D eigenvalue weighted by molar-refractivity contribution is 7.20. The van der Waals surface area contributed by atoms with Crippen molar-refractivity contribution < 1.29 is 4.39 Å². The number of nitrogens with two attached hydrogens (primary N) is 1. The fraction of sp³-hybridized carbons (Fsp3) is 0.278. The molecule has 2 heterocycles. The van der Waals surface area contributed by atoms with Crippen molar-refractivity contribution in [3.63, 3.8) is 0 Å². The molecule has 0 aliphatic heterocycles. The highest BCUT2D eigenvalue weighted by Gasteiger charge is 2.17. The van der Waals surface area contributed by atoms with Crippen LogP contribution in [0.4, 0.5) is 9.39 Å². The zero-order chi connectivity index (χ0) is 18.0. The van der Waals surface area contributed by atoms with Gasteiger partial charge in [-0.05, 0) is 42.7 Å². The molecular weight excluding hydrogens is 359 g/mol. The highest BCUT2D eigenvalue weighted by atomic mass is 35.5. The Morgan fingerprint density at radius 2 is 2.08 bits per heavy atom. The lowest BCUT2D eigenvalue weighted by Crippen LogP contribution is -2.30. The molecule has 0 bridgehead atoms. The minimum atomic E-state index is -0.234. The van der Waals surface area contributed by atoms with E-state index in [0.29, 0.717) is 17.3 Å². The maximum atomic E-state index is 13.0. The third-order valence-corrected chi connectivity index (χ3v) is 5.38. The van der Waals surface area contributed by atoms with Gasteiger partial charge >= 0.3 is 0 Å². The second-order valence-electron chi connectivity index (χ2n) is 6.01. The van der Waals surface area contributed by atoms with Crippen molar-refractivity contribution in [2.24, 2.45) is 12.8 Å². The summed E-state index contributed by atoms with van der Waals surface area (Å²) < 4.78 is 15.6. The number of thiophene rings is 1. The molecular formula is C18H20ClFN4S. The van der Waals surface area contributed by atoms with Crippen LogP contribution >= 0.6 is 22.9 Å². The number of anilines is 1. The Morgan fingerprint density at radius 1 is 1.36 bits per heavy atom. The molecule has 0 unspecified atom stereocenters. The summed E-state index contributed by atoms with van der Waals surface area (Å²) in [7, 11) is 1.90. The van der Waals surface area contributed by atoms with Crippen LogP contribution in [0.1, 0.15) is 11.1 Å². The Hall–Kier alpha value is -1.89. The van der Waals surface area contributed by atoms with E-state index >= 15 is 0 Å². The summed E-state index contributed by atoms with van der Waals surface area (Å²) in [6.07, 6.45) is 2.54. The van der Waals surface area contributed by atoms with Gasteiger partial charge in [-0.2, -0.15) is 5.10 Å². The van der Waals surface area contributed by atoms with Gasteiger partial charge in [0, 0.05) is 25.2 Å². The SMILES string of the molecule is Cc1cnn(C)c1-c1cc(N[C@H](CN)Cc2ccc(F)cc2)sc1Cl. The van der Waals surface area contributed by atoms with Gasteiger partial charge in [0.25, 0.3) is 0 Å². The maximum absolute atomic E-state index is 13.0. The average molecular weight is 379 g/mol. The second kappa shape index (κ2) is 7.56. The summed E-state index contributed by atoms with van der Waals surface area (Å²) >= 11 is 7.93. The van der Waals surface area contributed by atoms with Crippen LogP contribution in [0.5, 0.6) is 0 Å². The van der Waals surface area contributed by atoms with E-state index in [0.717, 1.165) is 27.4 Å². The van der Waals surface area contributed by atoms with Gasteiger partial charge in [0.15, 0.2) is 0 Å². The molecule has 0 saturated heterocycles. The summed E-state index contributed by atoms with van der Waals surface area (Å²) in [6.45, 7) is 2.48. The van der Waals surface area contributed by atoms with Crippen molar-refractivity contribution >= 4 is 27.9 Å². The quantitative estimate of drug-likeness (QED) is 0.674. The van der Waals surface area contributed by atoms with Crippen molar-refractivity contribution in [2.75, 3.05) is 11.9 Å². The molecule has 1 atom stereocenters. The van der Waals surface area contributed by atoms with Gasteiger partial charge in [0.2, 0.25) is 0 Å². The van der Waals surface area contributed by atoms with Crippen LogP contribution in [0.25, 0.3) is 11.3 Å². The molecule has 3 N–H and O–H groups in total. The molecule has 0 radical (unpaired) electrons. The van der Waals surface area contributed by atoms with Crippen molar-refractivity contribution in [2.45, 2.75) is 19.4 Å². The molecule has 3 rings (SSSR count). The number of rotatable bonds is 6. The third kappa shape index (κ3) is 4.03. The Morgan fingerprint density at radius 3 is 2.68 bits per heavy atom. The smallest absolute Gasteiger partial charge is 0.123 e. The summed E-state index contributed by atoms with van der Waals surface area (Å²) in [6, 6.07) is 8.57. The van der Waals surface area contributed by atoms with Crippen molar-refractivity contribution in [3.8, 4) is 11.3 Å². The molecule has 0 aliphatic rings. The fourth-order valence-electron chi connectivity index (χ4n) is 2.83. The van der Waals surface area contributed by atoms with Gasteiger partial charge < -0.3 is 11.1 Å². The Labute approximate surface area is 155 Å². The monoisotopic (exact) mass is 378 g/mol. The van der Waals surface area contributed by atoms with Gasteiger partial charge in [-0.15, -0.1) is 11.3 Å². The molecule has 132 valence electrons. The number of hydrogen-bond acceptors (Lipinski definition) is 4. The molecule has 0 aliphatic carbocycles. The third-order valence-electron chi connectivity index (χ3n) is 4.09. The molecule has 7 heteroatoms. The number of hydrogen-bond donors (Lipinski definition) is 2. The largest absolute Gasteiger partial charge is 0.373 e. The Bertz CT molecular complexity index is 837. The molecule has 0 saturated carbocycles. The van der Waals surface area contributed by atoms with Crippen molar-refractivity contribution in [1.29, 1.82) is 0 Å². The molecule has 0 amide bonds. The minimum absolute atomic E-state index is 0.0423. The number of aromatic nitrogens is 2. The van der Waals surface area contributed by atoms with Crippen LogP contribution in [0, 0.1) is 12.7 Å². The standard InChI is InChI=1S/C18H20ClFN4S/c1-11-10-22-24(2)17(11)15-8-16(25-18(15)19)23-14(9-21)7-12-3-5-13(20)6-4-12/h3-6,8,10,14,23H,7,9,21H2,1-2H3/t14-/m0/s1. The van der Waals surface area contributed by atoms with Gasteiger partial charge in [-0.1, -0.05) is 23.7 Å². The minimum Gasteiger partial charge on any atom is -0.373 e. The van der Waals surface area contributed by atoms with E-state index in [2.05, 4.69) is 10.4 Å². The first kappa shape index (κ1) is 17.9. The molecule has 2 aromatic heterocycles. The lowest BCUT2D eigenvalue weighted by molar-refractivity contribution is 0.626. The molecule has 1 aromatic carbocycles. The summed E-state index contributed by atoms with van der Waals surface area (Å²) in [4.78, 5) is 0. The summed E-state index contributed by atoms with van der Waals surface area (Å²) in [5.41, 5.74) is 10.00. The van der Waals surface area contributed by atoms with Crippen LogP contribution in [0.15, 0.2) is 36.5 Å². The van der Waals surface area contributed by atoms with E-state index in [1.807, 2.05) is 30.9 Å². The van der Waals surface area contributed by atoms with E-state index in [1.165, 1.54) is 23.5 Å². The first-order valence-electron chi connectivity index (χ1n) is 7.97. The predicted octanol–water partition coefficient (Wildman–Crippen LogP) is 4.23. The molecule has 3 aromatic rings. The van der Waals surface area contributed by atoms with Crippen molar-refractivity contribution in [3.05, 3.63) is 57.8 Å². The number of nitrogens with one attached hydrogen (secondary N) is 1. The lowest BCUT2D eigenvalue weighted by atomic mass is 10.1. The zero-order valence-electron chi connectivity index (χ0n) is 14.1. The first-order valence-corrected chi connectivity index (χ1v) is 9.16. The maximum Gasteiger partial charge on any atom is 0.123 e. The van der Waals surface area contributed by atoms with E-state index in [4.69, 9.17) is 17.3 Å². The number of aryl methyl sites for hydroxylation is 2. The van der Waals surface area contributed by atoms with Crippen LogP contribution in [0.2, 0.25) is 4.34 Å². The van der Waals surface area contributed by atoms with Crippen LogP contribution in [0.3, 0.4) is 0 Å². The topological polar surface area (TPSA) is 55.9 Å². The molecule has 4 nitrogen and oxygen atoms in total. The normalized spacial score (nSPS) is 12.4. The van der Waals surface area contributed by atoms with E-state index in [-0.39, 0.29) is 11.9 Å². The van der Waals surface area contributed by atoms with Crippen LogP contribution in [-0.2, 0) is 13.5 Å². The predicted molar refractivity (Wildman–Crippen MR) is 103 cm³/mol. The number of benzene rings is 1. The van der Waals surface area contributed by atoms with E-state index in [1.54, 1.807) is 12.1 Å². The molecule has 0 fully saturated rings. The highest BCUT2D eigenvalue weighted by Crippen LogP contribution is 2.39. The van der Waals surface area contributed by atoms with Gasteiger partial charge in [0.05, 0.1) is 16.9 Å². The molecule has 25 heavy (non-hydrogen) atoms. The fourth-order valence-corrected chi connectivity index (χ4v) is 4.09. The van der Waals surface area contributed by atoms with Crippen LogP contribution in [-0.4, -0.2) is 22.4 Å². The number of nitrogens with zero attached hydrogens (tertiary/aromatic N) is 2. The summed E-state index contributed by atoms with van der Waals surface area (Å²) in [5, 5.41) is 8.67. The van der Waals surface area contributed by atoms with Gasteiger partial charge in [-0.25, -0.2) is 4.39 Å². The Balaban J connectivity index is 1.78. The van der Waals surface area contributed by atoms with E-state index in [9.17, 15) is 4.39 Å². The van der Waals surface area contributed by atoms with E-state index < -0.39 is 0 Å². The van der Waals surface area contributed by atoms with Gasteiger partial charge in [-0.3, -0.25) is 4.68 Å². The second-order valence-corrected chi connectivity index (χ2v) is 7.66. The van der Waals surface area contributed by atoms with Crippen LogP contribution < -0.4 is 11.1 Å². The average Bonchev–Trinajstić information content (AvgIpc) is 3.10. The zero-order valence-corrected chi connectivity index (χ0v) is 15.7.